The number of aliphatic hydroxyl groups is 1. The second kappa shape index (κ2) is 6.33. The van der Waals surface area contributed by atoms with Crippen LogP contribution in [0.2, 0.25) is 0 Å². The van der Waals surface area contributed by atoms with Crippen LogP contribution in [0.3, 0.4) is 0 Å². The fraction of sp³-hybridized carbons (Fsp3) is 1.00. The average Bonchev–Trinajstić information content (AvgIpc) is 2.04. The third-order valence-corrected chi connectivity index (χ3v) is 1.45. The Morgan fingerprint density at radius 1 is 1.08 bits per heavy atom. The first kappa shape index (κ1) is 11.8. The van der Waals surface area contributed by atoms with Gasteiger partial charge in [-0.3, -0.25) is 0 Å². The number of aliphatic hydroxyl groups excluding tert-OH is 1. The minimum absolute atomic E-state index is 0.384. The molecule has 0 saturated carbocycles. The molecule has 0 bridgehead atoms. The molecule has 5 heteroatoms. The predicted octanol–water partition coefficient (Wildman–Crippen LogP) is -0.666. The van der Waals surface area contributed by atoms with Crippen LogP contribution in [-0.4, -0.2) is 63.0 Å². The Kier molecular flexibility index (Phi) is 6.23. The highest BCUT2D eigenvalue weighted by molar-refractivity contribution is 4.49. The summed E-state index contributed by atoms with van der Waals surface area (Å²) in [7, 11) is 6.69. The van der Waals surface area contributed by atoms with Gasteiger partial charge in [-0.15, -0.1) is 0 Å². The summed E-state index contributed by atoms with van der Waals surface area (Å²) in [6.45, 7) is 0.768. The van der Waals surface area contributed by atoms with Crippen LogP contribution in [0.1, 0.15) is 0 Å². The largest absolute Gasteiger partial charge is 0.369 e. The Morgan fingerprint density at radius 3 is 1.67 bits per heavy atom. The topological polar surface area (TPSA) is 45.2 Å². The maximum Gasteiger partial charge on any atom is 0.168 e. The van der Waals surface area contributed by atoms with Crippen molar-refractivity contribution >= 4 is 0 Å². The predicted molar refractivity (Wildman–Crippen MR) is 45.3 cm³/mol. The first-order chi connectivity index (χ1) is 5.63. The lowest BCUT2D eigenvalue weighted by Gasteiger charge is -2.29. The van der Waals surface area contributed by atoms with E-state index in [0.717, 1.165) is 0 Å². The Morgan fingerprint density at radius 2 is 1.42 bits per heavy atom. The van der Waals surface area contributed by atoms with Crippen LogP contribution in [0.5, 0.6) is 0 Å². The highest BCUT2D eigenvalue weighted by Crippen LogP contribution is 1.97. The van der Waals surface area contributed by atoms with E-state index >= 15 is 0 Å². The molecule has 0 aliphatic carbocycles. The van der Waals surface area contributed by atoms with Gasteiger partial charge in [0.15, 0.2) is 6.35 Å². The highest BCUT2D eigenvalue weighted by Gasteiger charge is 2.15. The van der Waals surface area contributed by atoms with Gasteiger partial charge in [0.2, 0.25) is 0 Å². The molecule has 0 aliphatic rings. The molecule has 5 nitrogen and oxygen atoms in total. The Labute approximate surface area is 73.5 Å². The van der Waals surface area contributed by atoms with Gasteiger partial charge in [0, 0.05) is 14.2 Å². The van der Waals surface area contributed by atoms with Gasteiger partial charge in [-0.1, -0.05) is 0 Å². The molecular formula is C7H18N2O3. The second-order valence-corrected chi connectivity index (χ2v) is 2.70. The number of ether oxygens (including phenoxy) is 2. The summed E-state index contributed by atoms with van der Waals surface area (Å²) < 4.78 is 9.70. The molecule has 0 amide bonds. The molecule has 0 aromatic heterocycles. The van der Waals surface area contributed by atoms with Gasteiger partial charge < -0.3 is 14.6 Å². The second-order valence-electron chi connectivity index (χ2n) is 2.70. The molecule has 0 aromatic carbocycles. The van der Waals surface area contributed by atoms with Crippen molar-refractivity contribution in [3.8, 4) is 0 Å². The molecule has 0 aliphatic heterocycles. The van der Waals surface area contributed by atoms with Gasteiger partial charge in [0.25, 0.3) is 0 Å². The zero-order chi connectivity index (χ0) is 9.56. The third kappa shape index (κ3) is 3.99. The average molecular weight is 178 g/mol. The lowest BCUT2D eigenvalue weighted by atomic mass is 10.7. The fourth-order valence-electron chi connectivity index (χ4n) is 0.877. The van der Waals surface area contributed by atoms with Crippen molar-refractivity contribution in [2.24, 2.45) is 0 Å². The summed E-state index contributed by atoms with van der Waals surface area (Å²) in [6, 6.07) is 0. The van der Waals surface area contributed by atoms with E-state index in [4.69, 9.17) is 9.47 Å². The van der Waals surface area contributed by atoms with Gasteiger partial charge >= 0.3 is 0 Å². The highest BCUT2D eigenvalue weighted by atomic mass is 16.5. The van der Waals surface area contributed by atoms with E-state index in [-0.39, 0.29) is 0 Å². The molecule has 0 atom stereocenters. The molecule has 12 heavy (non-hydrogen) atoms. The minimum Gasteiger partial charge on any atom is -0.369 e. The lowest BCUT2D eigenvalue weighted by Crippen LogP contribution is -2.45. The molecule has 74 valence electrons. The molecule has 0 spiro atoms. The maximum atomic E-state index is 9.54. The number of nitrogens with zero attached hydrogens (tertiary/aromatic N) is 2. The summed E-state index contributed by atoms with van der Waals surface area (Å²) >= 11 is 0. The van der Waals surface area contributed by atoms with Crippen LogP contribution >= 0.6 is 0 Å². The van der Waals surface area contributed by atoms with Crippen LogP contribution in [0.25, 0.3) is 0 Å². The monoisotopic (exact) mass is 178 g/mol. The van der Waals surface area contributed by atoms with Gasteiger partial charge in [-0.05, 0) is 14.1 Å². The van der Waals surface area contributed by atoms with Crippen LogP contribution in [0, 0.1) is 0 Å². The summed E-state index contributed by atoms with van der Waals surface area (Å²) in [5, 5.41) is 9.54. The summed E-state index contributed by atoms with van der Waals surface area (Å²) in [4.78, 5) is 3.30. The smallest absolute Gasteiger partial charge is 0.168 e. The summed E-state index contributed by atoms with van der Waals surface area (Å²) in [5.74, 6) is 0. The lowest BCUT2D eigenvalue weighted by molar-refractivity contribution is -0.148. The molecule has 0 saturated heterocycles. The number of hydrogen-bond donors (Lipinski definition) is 1. The molecule has 0 heterocycles. The zero-order valence-electron chi connectivity index (χ0n) is 8.15. The summed E-state index contributed by atoms with van der Waals surface area (Å²) in [6.07, 6.45) is -0.676. The van der Waals surface area contributed by atoms with E-state index in [1.807, 2.05) is 0 Å². The van der Waals surface area contributed by atoms with E-state index in [1.165, 1.54) is 0 Å². The van der Waals surface area contributed by atoms with E-state index in [9.17, 15) is 5.11 Å². The normalized spacial score (nSPS) is 12.0. The van der Waals surface area contributed by atoms with Crippen molar-refractivity contribution in [2.75, 3.05) is 41.8 Å². The standard InChI is InChI=1S/C7H18N2O3/c1-8(5-11-3)7(10)9(2)6-12-4/h7,10H,5-6H2,1-4H3. The van der Waals surface area contributed by atoms with Crippen molar-refractivity contribution in [1.29, 1.82) is 0 Å². The van der Waals surface area contributed by atoms with Gasteiger partial charge in [0.1, 0.15) is 13.5 Å². The van der Waals surface area contributed by atoms with Gasteiger partial charge in [-0.2, -0.15) is 0 Å². The number of methoxy groups -OCH3 is 2. The Hall–Kier alpha value is -0.200. The van der Waals surface area contributed by atoms with Crippen molar-refractivity contribution in [2.45, 2.75) is 6.35 Å². The Bertz CT molecular complexity index is 101. The minimum atomic E-state index is -0.676. The molecule has 0 rings (SSSR count). The number of rotatable bonds is 6. The zero-order valence-corrected chi connectivity index (χ0v) is 8.15. The van der Waals surface area contributed by atoms with Crippen LogP contribution in [-0.2, 0) is 9.47 Å². The van der Waals surface area contributed by atoms with E-state index in [0.29, 0.717) is 13.5 Å². The first-order valence-corrected chi connectivity index (χ1v) is 3.70. The van der Waals surface area contributed by atoms with E-state index < -0.39 is 6.35 Å². The molecule has 0 unspecified atom stereocenters. The summed E-state index contributed by atoms with van der Waals surface area (Å²) in [5.41, 5.74) is 0. The molecule has 0 fully saturated rings. The maximum absolute atomic E-state index is 9.54. The fourth-order valence-corrected chi connectivity index (χ4v) is 0.877. The van der Waals surface area contributed by atoms with E-state index in [2.05, 4.69) is 0 Å². The van der Waals surface area contributed by atoms with Crippen molar-refractivity contribution in [1.82, 2.24) is 9.80 Å². The van der Waals surface area contributed by atoms with E-state index in [1.54, 1.807) is 38.1 Å². The molecule has 0 aromatic rings. The van der Waals surface area contributed by atoms with Crippen LogP contribution in [0.4, 0.5) is 0 Å². The first-order valence-electron chi connectivity index (χ1n) is 3.70. The molecular weight excluding hydrogens is 160 g/mol. The van der Waals surface area contributed by atoms with Gasteiger partial charge in [0.05, 0.1) is 0 Å². The quantitative estimate of drug-likeness (QED) is 0.547. The molecule has 1 N–H and O–H groups in total. The van der Waals surface area contributed by atoms with Gasteiger partial charge in [-0.25, -0.2) is 9.80 Å². The van der Waals surface area contributed by atoms with Crippen molar-refractivity contribution in [3.63, 3.8) is 0 Å². The SMILES string of the molecule is COCN(C)C(O)N(C)COC. The Balaban J connectivity index is 3.73. The van der Waals surface area contributed by atoms with Crippen LogP contribution in [0.15, 0.2) is 0 Å². The van der Waals surface area contributed by atoms with Crippen molar-refractivity contribution in [3.05, 3.63) is 0 Å². The van der Waals surface area contributed by atoms with Crippen LogP contribution < -0.4 is 0 Å². The van der Waals surface area contributed by atoms with Crippen molar-refractivity contribution < 1.29 is 14.6 Å². The number of hydrogen-bond acceptors (Lipinski definition) is 5. The molecule has 0 radical (unpaired) electrons. The third-order valence-electron chi connectivity index (χ3n) is 1.45.